The van der Waals surface area contributed by atoms with E-state index in [1.54, 1.807) is 0 Å². The van der Waals surface area contributed by atoms with Crippen LogP contribution in [0.2, 0.25) is 0 Å². The summed E-state index contributed by atoms with van der Waals surface area (Å²) in [7, 11) is 1.09. The lowest BCUT2D eigenvalue weighted by Gasteiger charge is -2.44. The van der Waals surface area contributed by atoms with E-state index in [-0.39, 0.29) is 5.57 Å². The summed E-state index contributed by atoms with van der Waals surface area (Å²) >= 11 is 0. The highest BCUT2D eigenvalue weighted by Gasteiger charge is 2.50. The normalized spacial score (nSPS) is 33.5. The predicted molar refractivity (Wildman–Crippen MR) is 110 cm³/mol. The average Bonchev–Trinajstić information content (AvgIpc) is 2.77. The van der Waals surface area contributed by atoms with Gasteiger partial charge in [0.2, 0.25) is 6.29 Å². The van der Waals surface area contributed by atoms with E-state index >= 15 is 0 Å². The monoisotopic (exact) mass is 506 g/mol. The third-order valence-corrected chi connectivity index (χ3v) is 5.60. The minimum absolute atomic E-state index is 0.146. The van der Waals surface area contributed by atoms with Crippen LogP contribution in [0.3, 0.4) is 0 Å². The van der Waals surface area contributed by atoms with Crippen LogP contribution in [0.4, 0.5) is 0 Å². The number of aliphatic carboxylic acids is 1. The Kier molecular flexibility index (Phi) is 9.97. The van der Waals surface area contributed by atoms with Crippen molar-refractivity contribution in [1.82, 2.24) is 0 Å². The zero-order chi connectivity index (χ0) is 26.4. The minimum atomic E-state index is -1.80. The number of esters is 3. The number of aliphatic hydroxyl groups excluding tert-OH is 3. The average molecular weight is 506 g/mol. The highest BCUT2D eigenvalue weighted by Crippen LogP contribution is 2.39. The van der Waals surface area contributed by atoms with Gasteiger partial charge >= 0.3 is 23.9 Å². The van der Waals surface area contributed by atoms with Gasteiger partial charge in [0.05, 0.1) is 31.3 Å². The molecule has 0 spiro atoms. The predicted octanol–water partition coefficient (Wildman–Crippen LogP) is -1.55. The zero-order valence-electron chi connectivity index (χ0n) is 19.6. The quantitative estimate of drug-likeness (QED) is 0.206. The maximum Gasteiger partial charge on any atom is 0.337 e. The standard InChI is InChI=1S/C21H30O14/c1-8(33-10(3)23)15-11(5-14(24)25)12(19(29)30-4)6-32-20(15)35-21-18(28)17(27)16(26)13(34-21)7-31-9(2)22/h6,8,11,13,15-18,20-21,26-28H,5,7H2,1-4H3,(H,24,25). The lowest BCUT2D eigenvalue weighted by Crippen LogP contribution is -2.61. The SMILES string of the molecule is COC(=O)C1=COC(OC2OC(COC(C)=O)C(O)C(O)C2O)C(C(C)OC(C)=O)C1CC(=O)O. The third kappa shape index (κ3) is 7.11. The van der Waals surface area contributed by atoms with Crippen molar-refractivity contribution in [2.24, 2.45) is 11.8 Å². The molecule has 198 valence electrons. The molecule has 14 heteroatoms. The molecule has 0 aromatic heterocycles. The summed E-state index contributed by atoms with van der Waals surface area (Å²) in [5.41, 5.74) is -0.146. The summed E-state index contributed by atoms with van der Waals surface area (Å²) in [5.74, 6) is -5.75. The molecule has 1 fully saturated rings. The Balaban J connectivity index is 2.37. The number of hydrogen-bond donors (Lipinski definition) is 4. The van der Waals surface area contributed by atoms with Crippen LogP contribution in [0.25, 0.3) is 0 Å². The van der Waals surface area contributed by atoms with Gasteiger partial charge in [-0.05, 0) is 6.92 Å². The van der Waals surface area contributed by atoms with E-state index in [1.165, 1.54) is 6.92 Å². The van der Waals surface area contributed by atoms with Crippen LogP contribution in [-0.4, -0.2) is 101 Å². The highest BCUT2D eigenvalue weighted by molar-refractivity contribution is 5.89. The van der Waals surface area contributed by atoms with E-state index in [2.05, 4.69) is 0 Å². The smallest absolute Gasteiger partial charge is 0.337 e. The van der Waals surface area contributed by atoms with E-state index < -0.39 is 91.8 Å². The Morgan fingerprint density at radius 3 is 2.23 bits per heavy atom. The van der Waals surface area contributed by atoms with Crippen LogP contribution in [0.15, 0.2) is 11.8 Å². The fourth-order valence-corrected chi connectivity index (χ4v) is 3.98. The molecule has 35 heavy (non-hydrogen) atoms. The second kappa shape index (κ2) is 12.3. The molecule has 2 heterocycles. The first-order valence-electron chi connectivity index (χ1n) is 10.7. The summed E-state index contributed by atoms with van der Waals surface area (Å²) < 4.78 is 31.4. The van der Waals surface area contributed by atoms with E-state index in [0.29, 0.717) is 0 Å². The fourth-order valence-electron chi connectivity index (χ4n) is 3.98. The number of carbonyl (C=O) groups excluding carboxylic acids is 3. The Labute approximate surface area is 200 Å². The summed E-state index contributed by atoms with van der Waals surface area (Å²) in [4.78, 5) is 46.6. The number of hydrogen-bond acceptors (Lipinski definition) is 13. The first-order valence-corrected chi connectivity index (χ1v) is 10.7. The number of aliphatic hydroxyl groups is 3. The van der Waals surface area contributed by atoms with Crippen molar-refractivity contribution in [3.8, 4) is 0 Å². The van der Waals surface area contributed by atoms with Crippen molar-refractivity contribution in [1.29, 1.82) is 0 Å². The van der Waals surface area contributed by atoms with Crippen molar-refractivity contribution in [3.63, 3.8) is 0 Å². The molecule has 1 saturated heterocycles. The van der Waals surface area contributed by atoms with Crippen LogP contribution < -0.4 is 0 Å². The van der Waals surface area contributed by atoms with Crippen molar-refractivity contribution < 1.29 is 68.0 Å². The van der Waals surface area contributed by atoms with Gasteiger partial charge in [0.1, 0.15) is 37.1 Å². The van der Waals surface area contributed by atoms with Crippen molar-refractivity contribution >= 4 is 23.9 Å². The Morgan fingerprint density at radius 1 is 1.03 bits per heavy atom. The van der Waals surface area contributed by atoms with Gasteiger partial charge in [0.15, 0.2) is 6.29 Å². The molecule has 2 aliphatic rings. The minimum Gasteiger partial charge on any atom is -0.481 e. The fraction of sp³-hybridized carbons (Fsp3) is 0.714. The van der Waals surface area contributed by atoms with Gasteiger partial charge in [-0.15, -0.1) is 0 Å². The summed E-state index contributed by atoms with van der Waals surface area (Å²) in [6, 6.07) is 0. The lowest BCUT2D eigenvalue weighted by atomic mass is 9.78. The molecular formula is C21H30O14. The maximum atomic E-state index is 12.3. The van der Waals surface area contributed by atoms with Crippen LogP contribution in [0.5, 0.6) is 0 Å². The molecule has 9 atom stereocenters. The largest absolute Gasteiger partial charge is 0.481 e. The summed E-state index contributed by atoms with van der Waals surface area (Å²) in [5, 5.41) is 40.2. The molecule has 0 radical (unpaired) electrons. The number of carboxylic acid groups (broad SMARTS) is 1. The molecule has 0 aliphatic carbocycles. The Bertz CT molecular complexity index is 825. The molecule has 0 bridgehead atoms. The molecule has 2 rings (SSSR count). The maximum absolute atomic E-state index is 12.3. The van der Waals surface area contributed by atoms with E-state index in [9.17, 15) is 39.6 Å². The zero-order valence-corrected chi connectivity index (χ0v) is 19.6. The van der Waals surface area contributed by atoms with Crippen LogP contribution in [-0.2, 0) is 47.6 Å². The molecule has 2 aliphatic heterocycles. The van der Waals surface area contributed by atoms with Crippen LogP contribution >= 0.6 is 0 Å². The van der Waals surface area contributed by atoms with E-state index in [1.807, 2.05) is 0 Å². The molecule has 0 aromatic carbocycles. The van der Waals surface area contributed by atoms with Gasteiger partial charge in [-0.1, -0.05) is 0 Å². The van der Waals surface area contributed by atoms with Gasteiger partial charge in [0, 0.05) is 19.8 Å². The third-order valence-electron chi connectivity index (χ3n) is 5.60. The molecule has 14 nitrogen and oxygen atoms in total. The number of carbonyl (C=O) groups is 4. The molecular weight excluding hydrogens is 476 g/mol. The Morgan fingerprint density at radius 2 is 1.69 bits per heavy atom. The molecule has 9 unspecified atom stereocenters. The van der Waals surface area contributed by atoms with Gasteiger partial charge in [-0.3, -0.25) is 14.4 Å². The summed E-state index contributed by atoms with van der Waals surface area (Å²) in [6.07, 6.45) is -10.3. The topological polar surface area (TPSA) is 205 Å². The number of rotatable bonds is 9. The van der Waals surface area contributed by atoms with Crippen molar-refractivity contribution in [2.75, 3.05) is 13.7 Å². The van der Waals surface area contributed by atoms with E-state index in [4.69, 9.17) is 28.4 Å². The second-order valence-electron chi connectivity index (χ2n) is 8.12. The molecule has 4 N–H and O–H groups in total. The summed E-state index contributed by atoms with van der Waals surface area (Å²) in [6.45, 7) is 3.22. The van der Waals surface area contributed by atoms with E-state index in [0.717, 1.165) is 27.2 Å². The highest BCUT2D eigenvalue weighted by atomic mass is 16.8. The first kappa shape index (κ1) is 28.5. The van der Waals surface area contributed by atoms with Crippen molar-refractivity contribution in [2.45, 2.75) is 70.3 Å². The first-order chi connectivity index (χ1) is 16.4. The van der Waals surface area contributed by atoms with Crippen LogP contribution in [0, 0.1) is 11.8 Å². The van der Waals surface area contributed by atoms with Crippen molar-refractivity contribution in [3.05, 3.63) is 11.8 Å². The Hall–Kier alpha value is -2.78. The van der Waals surface area contributed by atoms with Gasteiger partial charge < -0.3 is 48.8 Å². The second-order valence-corrected chi connectivity index (χ2v) is 8.12. The number of methoxy groups -OCH3 is 1. The number of ether oxygens (including phenoxy) is 6. The molecule has 0 saturated carbocycles. The molecule has 0 amide bonds. The van der Waals surface area contributed by atoms with Gasteiger partial charge in [0.25, 0.3) is 0 Å². The van der Waals surface area contributed by atoms with Gasteiger partial charge in [-0.25, -0.2) is 4.79 Å². The van der Waals surface area contributed by atoms with Crippen LogP contribution in [0.1, 0.15) is 27.2 Å². The van der Waals surface area contributed by atoms with Gasteiger partial charge in [-0.2, -0.15) is 0 Å². The molecule has 0 aromatic rings. The lowest BCUT2D eigenvalue weighted by molar-refractivity contribution is -0.345. The number of carboxylic acids is 1.